The molecule has 1 aliphatic rings. The minimum atomic E-state index is 0.317. The van der Waals surface area contributed by atoms with E-state index in [1.165, 1.54) is 5.57 Å². The quantitative estimate of drug-likeness (QED) is 0.917. The van der Waals surface area contributed by atoms with Crippen molar-refractivity contribution >= 4 is 6.08 Å². The SMILES string of the molecule is C[C@@H](NCC1=Cc2ccccc2OC1)[C@H](C)n1cccn1. The number of ether oxygens (including phenoxy) is 1. The fraction of sp³-hybridized carbons (Fsp3) is 0.353. The molecule has 0 saturated heterocycles. The largest absolute Gasteiger partial charge is 0.489 e. The molecule has 0 fully saturated rings. The van der Waals surface area contributed by atoms with Crippen LogP contribution in [0.2, 0.25) is 0 Å². The van der Waals surface area contributed by atoms with E-state index in [1.54, 1.807) is 0 Å². The number of benzene rings is 1. The van der Waals surface area contributed by atoms with Crippen LogP contribution >= 0.6 is 0 Å². The standard InChI is InChI=1S/C17H21N3O/c1-13(14(2)20-9-5-8-19-20)18-11-15-10-16-6-3-4-7-17(16)21-12-15/h3-10,13-14,18H,11-12H2,1-2H3/t13-,14+/m1/s1. The van der Waals surface area contributed by atoms with Crippen molar-refractivity contribution in [2.75, 3.05) is 13.2 Å². The molecule has 0 aliphatic carbocycles. The van der Waals surface area contributed by atoms with Crippen LogP contribution in [0.15, 0.2) is 48.3 Å². The highest BCUT2D eigenvalue weighted by molar-refractivity contribution is 5.62. The molecule has 0 bridgehead atoms. The van der Waals surface area contributed by atoms with Gasteiger partial charge in [0.1, 0.15) is 12.4 Å². The maximum absolute atomic E-state index is 5.78. The topological polar surface area (TPSA) is 39.1 Å². The molecule has 0 radical (unpaired) electrons. The third-order valence-electron chi connectivity index (χ3n) is 4.01. The Balaban J connectivity index is 1.60. The molecule has 2 heterocycles. The van der Waals surface area contributed by atoms with Gasteiger partial charge in [-0.1, -0.05) is 18.2 Å². The number of nitrogens with zero attached hydrogens (tertiary/aromatic N) is 2. The molecular weight excluding hydrogens is 262 g/mol. The van der Waals surface area contributed by atoms with Gasteiger partial charge in [0.25, 0.3) is 0 Å². The first-order chi connectivity index (χ1) is 10.2. The molecule has 2 atom stereocenters. The first-order valence-electron chi connectivity index (χ1n) is 7.38. The Bertz CT molecular complexity index is 619. The van der Waals surface area contributed by atoms with Gasteiger partial charge in [-0.05, 0) is 37.6 Å². The molecule has 110 valence electrons. The lowest BCUT2D eigenvalue weighted by Gasteiger charge is -2.24. The van der Waals surface area contributed by atoms with Crippen molar-refractivity contribution in [2.45, 2.75) is 25.9 Å². The highest BCUT2D eigenvalue weighted by Gasteiger charge is 2.15. The summed E-state index contributed by atoms with van der Waals surface area (Å²) in [7, 11) is 0. The van der Waals surface area contributed by atoms with E-state index in [0.29, 0.717) is 18.7 Å². The molecule has 21 heavy (non-hydrogen) atoms. The van der Waals surface area contributed by atoms with Crippen LogP contribution in [-0.4, -0.2) is 29.0 Å². The van der Waals surface area contributed by atoms with Crippen LogP contribution in [0, 0.1) is 0 Å². The minimum Gasteiger partial charge on any atom is -0.489 e. The summed E-state index contributed by atoms with van der Waals surface area (Å²) >= 11 is 0. The Hall–Kier alpha value is -2.07. The molecule has 1 aromatic heterocycles. The molecule has 4 heteroatoms. The molecule has 1 N–H and O–H groups in total. The van der Waals surface area contributed by atoms with Crippen LogP contribution in [-0.2, 0) is 0 Å². The molecule has 0 unspecified atom stereocenters. The molecule has 0 saturated carbocycles. The number of rotatable bonds is 5. The van der Waals surface area contributed by atoms with E-state index in [9.17, 15) is 0 Å². The van der Waals surface area contributed by atoms with E-state index in [2.05, 4.69) is 36.4 Å². The number of fused-ring (bicyclic) bond motifs is 1. The third kappa shape index (κ3) is 3.16. The monoisotopic (exact) mass is 283 g/mol. The lowest BCUT2D eigenvalue weighted by atomic mass is 10.1. The summed E-state index contributed by atoms with van der Waals surface area (Å²) in [6.45, 7) is 5.85. The maximum Gasteiger partial charge on any atom is 0.127 e. The van der Waals surface area contributed by atoms with Gasteiger partial charge < -0.3 is 10.1 Å². The lowest BCUT2D eigenvalue weighted by Crippen LogP contribution is -2.36. The van der Waals surface area contributed by atoms with Crippen molar-refractivity contribution in [3.8, 4) is 5.75 Å². The number of nitrogens with one attached hydrogen (secondary N) is 1. The Morgan fingerprint density at radius 2 is 2.14 bits per heavy atom. The van der Waals surface area contributed by atoms with Gasteiger partial charge in [0, 0.05) is 30.5 Å². The highest BCUT2D eigenvalue weighted by atomic mass is 16.5. The van der Waals surface area contributed by atoms with Crippen molar-refractivity contribution < 1.29 is 4.74 Å². The van der Waals surface area contributed by atoms with Crippen LogP contribution in [0.4, 0.5) is 0 Å². The van der Waals surface area contributed by atoms with E-state index in [-0.39, 0.29) is 0 Å². The summed E-state index contributed by atoms with van der Waals surface area (Å²) in [5.74, 6) is 0.971. The zero-order chi connectivity index (χ0) is 14.7. The Labute approximate surface area is 125 Å². The van der Waals surface area contributed by atoms with Gasteiger partial charge in [-0.3, -0.25) is 4.68 Å². The van der Waals surface area contributed by atoms with Crippen LogP contribution in [0.1, 0.15) is 25.5 Å². The molecule has 0 amide bonds. The third-order valence-corrected chi connectivity index (χ3v) is 4.01. The van der Waals surface area contributed by atoms with Crippen LogP contribution in [0.25, 0.3) is 6.08 Å². The lowest BCUT2D eigenvalue weighted by molar-refractivity contribution is 0.332. The zero-order valence-electron chi connectivity index (χ0n) is 12.5. The van der Waals surface area contributed by atoms with Gasteiger partial charge in [0.2, 0.25) is 0 Å². The first kappa shape index (κ1) is 13.9. The molecule has 0 spiro atoms. The Kier molecular flexibility index (Phi) is 4.06. The van der Waals surface area contributed by atoms with Gasteiger partial charge in [0.15, 0.2) is 0 Å². The summed E-state index contributed by atoms with van der Waals surface area (Å²) in [5.41, 5.74) is 2.43. The normalized spacial score (nSPS) is 16.6. The fourth-order valence-corrected chi connectivity index (χ4v) is 2.48. The average Bonchev–Trinajstić information content (AvgIpc) is 3.06. The second-order valence-corrected chi connectivity index (χ2v) is 5.53. The van der Waals surface area contributed by atoms with E-state index < -0.39 is 0 Å². The zero-order valence-corrected chi connectivity index (χ0v) is 12.5. The van der Waals surface area contributed by atoms with Crippen molar-refractivity contribution in [1.29, 1.82) is 0 Å². The Morgan fingerprint density at radius 3 is 2.95 bits per heavy atom. The van der Waals surface area contributed by atoms with E-state index in [1.807, 2.05) is 41.3 Å². The van der Waals surface area contributed by atoms with Crippen molar-refractivity contribution in [3.63, 3.8) is 0 Å². The Morgan fingerprint density at radius 1 is 1.29 bits per heavy atom. The van der Waals surface area contributed by atoms with E-state index >= 15 is 0 Å². The average molecular weight is 283 g/mol. The maximum atomic E-state index is 5.78. The molecule has 1 aromatic carbocycles. The second kappa shape index (κ2) is 6.14. The van der Waals surface area contributed by atoms with Gasteiger partial charge in [-0.25, -0.2) is 0 Å². The first-order valence-corrected chi connectivity index (χ1v) is 7.38. The molecular formula is C17H21N3O. The number of aromatic nitrogens is 2. The predicted octanol–water partition coefficient (Wildman–Crippen LogP) is 2.90. The minimum absolute atomic E-state index is 0.317. The molecule has 4 nitrogen and oxygen atoms in total. The smallest absolute Gasteiger partial charge is 0.127 e. The molecule has 1 aliphatic heterocycles. The summed E-state index contributed by atoms with van der Waals surface area (Å²) in [4.78, 5) is 0. The summed E-state index contributed by atoms with van der Waals surface area (Å²) in [5, 5.41) is 7.86. The van der Waals surface area contributed by atoms with Gasteiger partial charge in [0.05, 0.1) is 6.04 Å². The number of para-hydroxylation sites is 1. The van der Waals surface area contributed by atoms with Gasteiger partial charge in [-0.15, -0.1) is 0 Å². The summed E-state index contributed by atoms with van der Waals surface area (Å²) in [6, 6.07) is 10.8. The molecule has 2 aromatic rings. The van der Waals surface area contributed by atoms with Gasteiger partial charge >= 0.3 is 0 Å². The molecule has 3 rings (SSSR count). The number of hydrogen-bond donors (Lipinski definition) is 1. The van der Waals surface area contributed by atoms with Crippen LogP contribution < -0.4 is 10.1 Å². The van der Waals surface area contributed by atoms with Crippen molar-refractivity contribution in [2.24, 2.45) is 0 Å². The van der Waals surface area contributed by atoms with Gasteiger partial charge in [-0.2, -0.15) is 5.10 Å². The van der Waals surface area contributed by atoms with Crippen molar-refractivity contribution in [1.82, 2.24) is 15.1 Å². The fourth-order valence-electron chi connectivity index (χ4n) is 2.48. The number of hydrogen-bond acceptors (Lipinski definition) is 3. The predicted molar refractivity (Wildman–Crippen MR) is 84.3 cm³/mol. The summed E-state index contributed by atoms with van der Waals surface area (Å²) < 4.78 is 7.76. The highest BCUT2D eigenvalue weighted by Crippen LogP contribution is 2.25. The second-order valence-electron chi connectivity index (χ2n) is 5.53. The van der Waals surface area contributed by atoms with E-state index in [0.717, 1.165) is 17.9 Å². The van der Waals surface area contributed by atoms with Crippen LogP contribution in [0.5, 0.6) is 5.75 Å². The van der Waals surface area contributed by atoms with Crippen molar-refractivity contribution in [3.05, 3.63) is 53.9 Å². The van der Waals surface area contributed by atoms with E-state index in [4.69, 9.17) is 4.74 Å². The van der Waals surface area contributed by atoms with Crippen LogP contribution in [0.3, 0.4) is 0 Å². The summed E-state index contributed by atoms with van der Waals surface area (Å²) in [6.07, 6.45) is 6.04.